The molecule has 1 atom stereocenters. The van der Waals surface area contributed by atoms with Crippen molar-refractivity contribution >= 4 is 43.5 Å². The number of hydrogen-bond donors (Lipinski definition) is 1. The molecule has 2 aromatic carbocycles. The highest BCUT2D eigenvalue weighted by molar-refractivity contribution is 9.10. The number of para-hydroxylation sites is 1. The smallest absolute Gasteiger partial charge is 0.244 e. The summed E-state index contributed by atoms with van der Waals surface area (Å²) >= 11 is 3.38. The third-order valence-electron chi connectivity index (χ3n) is 5.86. The molecule has 7 nitrogen and oxygen atoms in total. The van der Waals surface area contributed by atoms with Crippen molar-refractivity contribution in [2.24, 2.45) is 0 Å². The van der Waals surface area contributed by atoms with Crippen LogP contribution in [0.3, 0.4) is 0 Å². The minimum Gasteiger partial charge on any atom is -0.352 e. The van der Waals surface area contributed by atoms with Gasteiger partial charge in [-0.3, -0.25) is 13.9 Å². The van der Waals surface area contributed by atoms with E-state index in [1.807, 2.05) is 30.3 Å². The average Bonchev–Trinajstić information content (AvgIpc) is 3.29. The maximum Gasteiger partial charge on any atom is 0.244 e. The lowest BCUT2D eigenvalue weighted by molar-refractivity contribution is -0.139. The molecular formula is C24H30BrN3O4S. The summed E-state index contributed by atoms with van der Waals surface area (Å²) in [6.07, 6.45) is 5.12. The molecule has 3 rings (SSSR count). The molecule has 0 radical (unpaired) electrons. The third-order valence-corrected chi connectivity index (χ3v) is 7.66. The second-order valence-corrected chi connectivity index (χ2v) is 11.2. The van der Waals surface area contributed by atoms with E-state index in [1.54, 1.807) is 31.2 Å². The summed E-state index contributed by atoms with van der Waals surface area (Å²) in [7, 11) is -3.75. The van der Waals surface area contributed by atoms with Crippen molar-refractivity contribution in [3.05, 3.63) is 64.6 Å². The number of sulfonamides is 1. The zero-order valence-electron chi connectivity index (χ0n) is 18.9. The van der Waals surface area contributed by atoms with Crippen LogP contribution in [-0.2, 0) is 26.2 Å². The monoisotopic (exact) mass is 535 g/mol. The van der Waals surface area contributed by atoms with Crippen molar-refractivity contribution in [3.63, 3.8) is 0 Å². The number of carbonyl (C=O) groups excluding carboxylic acids is 2. The maximum absolute atomic E-state index is 13.5. The van der Waals surface area contributed by atoms with Gasteiger partial charge in [0.2, 0.25) is 21.8 Å². The van der Waals surface area contributed by atoms with E-state index in [0.717, 1.165) is 41.8 Å². The Morgan fingerprint density at radius 3 is 2.27 bits per heavy atom. The summed E-state index contributed by atoms with van der Waals surface area (Å²) in [4.78, 5) is 27.9. The maximum atomic E-state index is 13.5. The van der Waals surface area contributed by atoms with Gasteiger partial charge in [-0.2, -0.15) is 0 Å². The summed E-state index contributed by atoms with van der Waals surface area (Å²) in [6.45, 7) is 1.48. The molecule has 0 aliphatic heterocycles. The number of nitrogens with zero attached hydrogens (tertiary/aromatic N) is 2. The van der Waals surface area contributed by atoms with Crippen LogP contribution >= 0.6 is 15.9 Å². The molecule has 2 aromatic rings. The van der Waals surface area contributed by atoms with Crippen LogP contribution < -0.4 is 9.62 Å². The van der Waals surface area contributed by atoms with E-state index in [2.05, 4.69) is 21.2 Å². The Morgan fingerprint density at radius 1 is 1.06 bits per heavy atom. The largest absolute Gasteiger partial charge is 0.352 e. The van der Waals surface area contributed by atoms with Gasteiger partial charge >= 0.3 is 0 Å². The molecule has 1 fully saturated rings. The van der Waals surface area contributed by atoms with Crippen molar-refractivity contribution in [2.75, 3.05) is 17.1 Å². The molecule has 1 saturated carbocycles. The van der Waals surface area contributed by atoms with Crippen LogP contribution in [0, 0.1) is 0 Å². The van der Waals surface area contributed by atoms with Gasteiger partial charge in [0.05, 0.1) is 11.9 Å². The van der Waals surface area contributed by atoms with E-state index in [-0.39, 0.29) is 18.5 Å². The van der Waals surface area contributed by atoms with Crippen molar-refractivity contribution in [3.8, 4) is 0 Å². The fourth-order valence-electron chi connectivity index (χ4n) is 4.00. The van der Waals surface area contributed by atoms with Gasteiger partial charge in [0.1, 0.15) is 12.6 Å². The van der Waals surface area contributed by atoms with E-state index < -0.39 is 28.5 Å². The molecule has 0 unspecified atom stereocenters. The topological polar surface area (TPSA) is 86.8 Å². The lowest BCUT2D eigenvalue weighted by atomic mass is 10.1. The molecule has 9 heteroatoms. The Labute approximate surface area is 204 Å². The highest BCUT2D eigenvalue weighted by Gasteiger charge is 2.31. The van der Waals surface area contributed by atoms with Crippen LogP contribution in [0.4, 0.5) is 5.69 Å². The van der Waals surface area contributed by atoms with Gasteiger partial charge in [-0.1, -0.05) is 55.3 Å². The molecule has 0 saturated heterocycles. The van der Waals surface area contributed by atoms with Crippen molar-refractivity contribution in [2.45, 2.75) is 51.2 Å². The van der Waals surface area contributed by atoms with Crippen LogP contribution in [0.1, 0.15) is 38.2 Å². The lowest BCUT2D eigenvalue weighted by Crippen LogP contribution is -2.52. The zero-order chi connectivity index (χ0) is 24.0. The molecule has 1 aliphatic rings. The molecule has 2 amide bonds. The Balaban J connectivity index is 1.86. The van der Waals surface area contributed by atoms with Gasteiger partial charge in [0.15, 0.2) is 0 Å². The Morgan fingerprint density at radius 2 is 1.67 bits per heavy atom. The van der Waals surface area contributed by atoms with Crippen molar-refractivity contribution < 1.29 is 18.0 Å². The first-order valence-electron chi connectivity index (χ1n) is 11.0. The summed E-state index contributed by atoms with van der Waals surface area (Å²) < 4.78 is 26.8. The van der Waals surface area contributed by atoms with Gasteiger partial charge in [-0.15, -0.1) is 0 Å². The first kappa shape index (κ1) is 25.2. The fourth-order valence-corrected chi connectivity index (χ4v) is 5.48. The molecule has 1 N–H and O–H groups in total. The Kier molecular flexibility index (Phi) is 8.53. The fraction of sp³-hybridized carbons (Fsp3) is 0.417. The second kappa shape index (κ2) is 11.2. The van der Waals surface area contributed by atoms with Crippen LogP contribution in [0.2, 0.25) is 0 Å². The number of nitrogens with one attached hydrogen (secondary N) is 1. The number of halogens is 1. The summed E-state index contributed by atoms with van der Waals surface area (Å²) in [6, 6.07) is 15.6. The zero-order valence-corrected chi connectivity index (χ0v) is 21.3. The molecule has 0 aromatic heterocycles. The lowest BCUT2D eigenvalue weighted by Gasteiger charge is -2.32. The number of rotatable bonds is 9. The molecule has 0 heterocycles. The predicted octanol–water partition coefficient (Wildman–Crippen LogP) is 3.69. The van der Waals surface area contributed by atoms with Crippen LogP contribution in [0.25, 0.3) is 0 Å². The highest BCUT2D eigenvalue weighted by Crippen LogP contribution is 2.28. The number of carbonyl (C=O) groups is 2. The average molecular weight is 536 g/mol. The van der Waals surface area contributed by atoms with E-state index in [1.165, 1.54) is 4.90 Å². The van der Waals surface area contributed by atoms with Gasteiger partial charge in [-0.05, 0) is 53.4 Å². The number of benzene rings is 2. The molecule has 1 aliphatic carbocycles. The summed E-state index contributed by atoms with van der Waals surface area (Å²) in [5.74, 6) is -0.674. The van der Waals surface area contributed by atoms with Crippen molar-refractivity contribution in [1.29, 1.82) is 0 Å². The van der Waals surface area contributed by atoms with Crippen LogP contribution in [0.15, 0.2) is 59.1 Å². The van der Waals surface area contributed by atoms with E-state index in [9.17, 15) is 18.0 Å². The SMILES string of the molecule is C[C@@H](C(=O)NC1CCCC1)N(Cc1ccccc1)C(=O)CN(c1ccccc1Br)S(C)(=O)=O. The minimum absolute atomic E-state index is 0.126. The Bertz CT molecular complexity index is 1070. The number of amides is 2. The van der Waals surface area contributed by atoms with Crippen LogP contribution in [-0.4, -0.2) is 50.0 Å². The first-order valence-corrected chi connectivity index (χ1v) is 13.7. The second-order valence-electron chi connectivity index (χ2n) is 8.39. The van der Waals surface area contributed by atoms with Crippen molar-refractivity contribution in [1.82, 2.24) is 10.2 Å². The van der Waals surface area contributed by atoms with E-state index in [0.29, 0.717) is 10.2 Å². The highest BCUT2D eigenvalue weighted by atomic mass is 79.9. The van der Waals surface area contributed by atoms with Gasteiger partial charge in [0.25, 0.3) is 0 Å². The predicted molar refractivity (Wildman–Crippen MR) is 133 cm³/mol. The molecule has 33 heavy (non-hydrogen) atoms. The number of anilines is 1. The molecule has 0 spiro atoms. The Hall–Kier alpha value is -2.39. The quantitative estimate of drug-likeness (QED) is 0.530. The van der Waals surface area contributed by atoms with Gasteiger partial charge < -0.3 is 10.2 Å². The van der Waals surface area contributed by atoms with Gasteiger partial charge in [-0.25, -0.2) is 8.42 Å². The standard InChI is InChI=1S/C24H30BrN3O4S/c1-18(24(30)26-20-12-6-7-13-20)27(16-19-10-4-3-5-11-19)23(29)17-28(33(2,31)32)22-15-9-8-14-21(22)25/h3-5,8-11,14-15,18,20H,6-7,12-13,16-17H2,1-2H3,(H,26,30)/t18-/m0/s1. The van der Waals surface area contributed by atoms with Crippen LogP contribution in [0.5, 0.6) is 0 Å². The summed E-state index contributed by atoms with van der Waals surface area (Å²) in [5, 5.41) is 3.05. The normalized spacial score (nSPS) is 15.1. The van der Waals surface area contributed by atoms with E-state index >= 15 is 0 Å². The van der Waals surface area contributed by atoms with Gasteiger partial charge in [0, 0.05) is 17.1 Å². The molecule has 0 bridgehead atoms. The summed E-state index contributed by atoms with van der Waals surface area (Å²) in [5.41, 5.74) is 1.23. The first-order chi connectivity index (χ1) is 15.7. The minimum atomic E-state index is -3.75. The van der Waals surface area contributed by atoms with E-state index in [4.69, 9.17) is 0 Å². The number of hydrogen-bond acceptors (Lipinski definition) is 4. The third kappa shape index (κ3) is 6.80. The molecule has 178 valence electrons. The molecular weight excluding hydrogens is 506 g/mol.